The molecule has 0 amide bonds. The molecule has 0 saturated carbocycles. The van der Waals surface area contributed by atoms with Crippen LogP contribution in [0.5, 0.6) is 11.5 Å². The Morgan fingerprint density at radius 1 is 1.30 bits per heavy atom. The highest BCUT2D eigenvalue weighted by molar-refractivity contribution is 5.84. The van der Waals surface area contributed by atoms with E-state index in [4.69, 9.17) is 4.74 Å². The number of hydrogen-bond donors (Lipinski definition) is 3. The number of methoxy groups -OCH3 is 1. The lowest BCUT2D eigenvalue weighted by Gasteiger charge is -2.06. The van der Waals surface area contributed by atoms with Gasteiger partial charge in [-0.3, -0.25) is 9.78 Å². The molecule has 0 bridgehead atoms. The second-order valence-electron chi connectivity index (χ2n) is 5.41. The summed E-state index contributed by atoms with van der Waals surface area (Å²) in [5.41, 5.74) is 3.25. The van der Waals surface area contributed by atoms with Gasteiger partial charge in [-0.05, 0) is 18.2 Å². The molecular formula is C19H15N5O3. The van der Waals surface area contributed by atoms with Crippen LogP contribution in [0.25, 0.3) is 11.3 Å². The number of anilines is 1. The smallest absolute Gasteiger partial charge is 0.270 e. The number of nitriles is 1. The number of H-pyrrole nitrogens is 1. The van der Waals surface area contributed by atoms with Crippen molar-refractivity contribution in [1.29, 1.82) is 5.26 Å². The van der Waals surface area contributed by atoms with Crippen LogP contribution in [-0.2, 0) is 0 Å². The Morgan fingerprint density at radius 3 is 2.78 bits per heavy atom. The van der Waals surface area contributed by atoms with Crippen molar-refractivity contribution in [2.75, 3.05) is 12.5 Å². The Labute approximate surface area is 154 Å². The van der Waals surface area contributed by atoms with E-state index in [-0.39, 0.29) is 23.0 Å². The maximum absolute atomic E-state index is 12.2. The Bertz CT molecular complexity index is 1080. The summed E-state index contributed by atoms with van der Waals surface area (Å²) in [5.74, 6) is 0.648. The summed E-state index contributed by atoms with van der Waals surface area (Å²) in [5, 5.41) is 23.1. The number of aromatic nitrogens is 2. The fourth-order valence-electron chi connectivity index (χ4n) is 2.36. The first-order chi connectivity index (χ1) is 13.1. The van der Waals surface area contributed by atoms with Gasteiger partial charge >= 0.3 is 0 Å². The molecule has 134 valence electrons. The molecule has 3 N–H and O–H groups in total. The summed E-state index contributed by atoms with van der Waals surface area (Å²) in [4.78, 5) is 18.9. The lowest BCUT2D eigenvalue weighted by atomic mass is 10.1. The molecule has 0 unspecified atom stereocenters. The van der Waals surface area contributed by atoms with E-state index in [0.29, 0.717) is 16.9 Å². The van der Waals surface area contributed by atoms with Gasteiger partial charge in [-0.2, -0.15) is 10.4 Å². The van der Waals surface area contributed by atoms with Crippen LogP contribution in [0.4, 0.5) is 5.95 Å². The Hall–Kier alpha value is -4.12. The number of rotatable bonds is 5. The second-order valence-corrected chi connectivity index (χ2v) is 5.41. The molecule has 0 fully saturated rings. The number of benzene rings is 2. The standard InChI is InChI=1S/C19H15N5O3/c1-27-14-7-8-16(25)13(9-14)11-21-24-19-22-17(12-5-3-2-4-6-12)15(10-20)18(26)23-19/h2-9,11,25H,1H3,(H2,22,23,24,26). The van der Waals surface area contributed by atoms with Crippen LogP contribution in [0.15, 0.2) is 58.4 Å². The van der Waals surface area contributed by atoms with Gasteiger partial charge in [0.15, 0.2) is 0 Å². The number of phenolic OH excluding ortho intramolecular Hbond substituents is 1. The molecule has 27 heavy (non-hydrogen) atoms. The maximum atomic E-state index is 12.2. The van der Waals surface area contributed by atoms with Gasteiger partial charge in [0.2, 0.25) is 5.95 Å². The monoisotopic (exact) mass is 361 g/mol. The summed E-state index contributed by atoms with van der Waals surface area (Å²) >= 11 is 0. The minimum Gasteiger partial charge on any atom is -0.507 e. The highest BCUT2D eigenvalue weighted by Crippen LogP contribution is 2.21. The zero-order valence-corrected chi connectivity index (χ0v) is 14.3. The zero-order chi connectivity index (χ0) is 19.2. The molecule has 8 heteroatoms. The molecular weight excluding hydrogens is 346 g/mol. The van der Waals surface area contributed by atoms with E-state index in [1.807, 2.05) is 12.1 Å². The van der Waals surface area contributed by atoms with Gasteiger partial charge in [0.25, 0.3) is 5.56 Å². The fraction of sp³-hybridized carbons (Fsp3) is 0.0526. The van der Waals surface area contributed by atoms with Crippen molar-refractivity contribution in [2.45, 2.75) is 0 Å². The first kappa shape index (κ1) is 17.7. The molecule has 0 atom stereocenters. The van der Waals surface area contributed by atoms with Crippen molar-refractivity contribution in [3.05, 3.63) is 70.0 Å². The molecule has 0 saturated heterocycles. The summed E-state index contributed by atoms with van der Waals surface area (Å²) in [6.45, 7) is 0. The molecule has 0 spiro atoms. The van der Waals surface area contributed by atoms with Crippen LogP contribution < -0.4 is 15.7 Å². The Morgan fingerprint density at radius 2 is 2.07 bits per heavy atom. The normalized spacial score (nSPS) is 10.5. The zero-order valence-electron chi connectivity index (χ0n) is 14.3. The van der Waals surface area contributed by atoms with Crippen molar-refractivity contribution in [2.24, 2.45) is 5.10 Å². The van der Waals surface area contributed by atoms with Gasteiger partial charge in [-0.1, -0.05) is 30.3 Å². The molecule has 0 aliphatic carbocycles. The van der Waals surface area contributed by atoms with E-state index >= 15 is 0 Å². The number of aromatic amines is 1. The van der Waals surface area contributed by atoms with Crippen LogP contribution >= 0.6 is 0 Å². The van der Waals surface area contributed by atoms with E-state index in [1.165, 1.54) is 19.4 Å². The molecule has 0 aliphatic heterocycles. The topological polar surface area (TPSA) is 123 Å². The lowest BCUT2D eigenvalue weighted by molar-refractivity contribution is 0.412. The van der Waals surface area contributed by atoms with Crippen molar-refractivity contribution in [3.63, 3.8) is 0 Å². The summed E-state index contributed by atoms with van der Waals surface area (Å²) in [6.07, 6.45) is 1.36. The van der Waals surface area contributed by atoms with Crippen LogP contribution in [-0.4, -0.2) is 28.4 Å². The van der Waals surface area contributed by atoms with Gasteiger partial charge in [-0.15, -0.1) is 0 Å². The maximum Gasteiger partial charge on any atom is 0.270 e. The Kier molecular flexibility index (Phi) is 5.14. The first-order valence-electron chi connectivity index (χ1n) is 7.88. The highest BCUT2D eigenvalue weighted by Gasteiger charge is 2.12. The van der Waals surface area contributed by atoms with E-state index in [1.54, 1.807) is 36.4 Å². The van der Waals surface area contributed by atoms with E-state index < -0.39 is 5.56 Å². The van der Waals surface area contributed by atoms with Gasteiger partial charge in [0, 0.05) is 11.1 Å². The minimum absolute atomic E-state index is 0.0209. The van der Waals surface area contributed by atoms with Gasteiger partial charge in [0.05, 0.1) is 19.0 Å². The fourth-order valence-corrected chi connectivity index (χ4v) is 2.36. The van der Waals surface area contributed by atoms with Crippen LogP contribution in [0.2, 0.25) is 0 Å². The second kappa shape index (κ2) is 7.84. The largest absolute Gasteiger partial charge is 0.507 e. The quantitative estimate of drug-likeness (QED) is 0.474. The highest BCUT2D eigenvalue weighted by atomic mass is 16.5. The SMILES string of the molecule is COc1ccc(O)c(C=NNc2nc(-c3ccccc3)c(C#N)c(=O)[nH]2)c1. The predicted octanol–water partition coefficient (Wildman–Crippen LogP) is 2.47. The van der Waals surface area contributed by atoms with Crippen molar-refractivity contribution >= 4 is 12.2 Å². The van der Waals surface area contributed by atoms with Crippen molar-refractivity contribution in [3.8, 4) is 28.8 Å². The third kappa shape index (κ3) is 3.93. The summed E-state index contributed by atoms with van der Waals surface area (Å²) in [7, 11) is 1.52. The van der Waals surface area contributed by atoms with Gasteiger partial charge in [-0.25, -0.2) is 10.4 Å². The van der Waals surface area contributed by atoms with Crippen LogP contribution in [0.1, 0.15) is 11.1 Å². The number of hydrazone groups is 1. The van der Waals surface area contributed by atoms with Crippen LogP contribution in [0, 0.1) is 11.3 Å². The summed E-state index contributed by atoms with van der Waals surface area (Å²) < 4.78 is 5.10. The Balaban J connectivity index is 1.91. The van der Waals surface area contributed by atoms with Crippen molar-refractivity contribution < 1.29 is 9.84 Å². The average molecular weight is 361 g/mol. The molecule has 2 aromatic carbocycles. The van der Waals surface area contributed by atoms with E-state index in [0.717, 1.165) is 0 Å². The molecule has 1 heterocycles. The van der Waals surface area contributed by atoms with Crippen LogP contribution in [0.3, 0.4) is 0 Å². The molecule has 3 rings (SSSR count). The predicted molar refractivity (Wildman–Crippen MR) is 101 cm³/mol. The summed E-state index contributed by atoms with van der Waals surface area (Å²) in [6, 6.07) is 15.5. The van der Waals surface area contributed by atoms with Gasteiger partial charge < -0.3 is 9.84 Å². The molecule has 0 radical (unpaired) electrons. The number of nitrogens with one attached hydrogen (secondary N) is 2. The first-order valence-corrected chi connectivity index (χ1v) is 7.88. The number of hydrogen-bond acceptors (Lipinski definition) is 7. The number of phenols is 1. The average Bonchev–Trinajstić information content (AvgIpc) is 2.69. The number of nitrogens with zero attached hydrogens (tertiary/aromatic N) is 3. The van der Waals surface area contributed by atoms with E-state index in [9.17, 15) is 15.2 Å². The molecule has 0 aliphatic rings. The third-order valence-corrected chi connectivity index (χ3v) is 3.69. The molecule has 8 nitrogen and oxygen atoms in total. The number of aromatic hydroxyl groups is 1. The molecule has 3 aromatic rings. The number of ether oxygens (including phenoxy) is 1. The third-order valence-electron chi connectivity index (χ3n) is 3.69. The molecule has 1 aromatic heterocycles. The van der Waals surface area contributed by atoms with E-state index in [2.05, 4.69) is 20.5 Å². The van der Waals surface area contributed by atoms with Crippen molar-refractivity contribution in [1.82, 2.24) is 9.97 Å². The minimum atomic E-state index is -0.576. The van der Waals surface area contributed by atoms with Gasteiger partial charge in [0.1, 0.15) is 23.1 Å². The lowest BCUT2D eigenvalue weighted by Crippen LogP contribution is -2.16.